The van der Waals surface area contributed by atoms with Gasteiger partial charge in [-0.15, -0.1) is 0 Å². The van der Waals surface area contributed by atoms with Crippen LogP contribution in [-0.4, -0.2) is 35.4 Å². The average Bonchev–Trinajstić information content (AvgIpc) is 3.61. The van der Waals surface area contributed by atoms with Gasteiger partial charge >= 0.3 is 0 Å². The second-order valence-corrected chi connectivity index (χ2v) is 13.0. The summed E-state index contributed by atoms with van der Waals surface area (Å²) in [5.41, 5.74) is 4.73. The van der Waals surface area contributed by atoms with Gasteiger partial charge in [0.1, 0.15) is 29.4 Å². The van der Waals surface area contributed by atoms with Crippen LogP contribution in [0.5, 0.6) is 0 Å². The Morgan fingerprint density at radius 2 is 1.70 bits per heavy atom. The Kier molecular flexibility index (Phi) is 9.43. The number of amides is 2. The fraction of sp³-hybridized carbons (Fsp3) is 0.342. The molecule has 0 radical (unpaired) electrons. The molecule has 1 aliphatic carbocycles. The van der Waals surface area contributed by atoms with Gasteiger partial charge in [-0.1, -0.05) is 61.9 Å². The maximum absolute atomic E-state index is 12.1. The molecule has 0 saturated heterocycles. The number of ether oxygens (including phenoxy) is 1. The molecule has 9 heteroatoms. The van der Waals surface area contributed by atoms with Gasteiger partial charge in [0.25, 0.3) is 11.8 Å². The minimum atomic E-state index is -1.09. The zero-order chi connectivity index (χ0) is 33.9. The first-order chi connectivity index (χ1) is 22.5. The molecule has 0 aromatic heterocycles. The van der Waals surface area contributed by atoms with E-state index in [1.807, 2.05) is 18.2 Å². The smallest absolute Gasteiger partial charge is 0.253 e. The van der Waals surface area contributed by atoms with Crippen LogP contribution >= 0.6 is 11.6 Å². The van der Waals surface area contributed by atoms with Crippen molar-refractivity contribution in [2.75, 3.05) is 18.0 Å². The van der Waals surface area contributed by atoms with Gasteiger partial charge in [-0.2, -0.15) is 15.8 Å². The van der Waals surface area contributed by atoms with E-state index in [1.165, 1.54) is 29.1 Å². The lowest BCUT2D eigenvalue weighted by Gasteiger charge is -2.27. The number of para-hydroxylation sites is 1. The third-order valence-electron chi connectivity index (χ3n) is 9.36. The van der Waals surface area contributed by atoms with E-state index < -0.39 is 5.60 Å². The SMILES string of the molecule is CCN1/C(=C\C=C2/CCCC(/C=C/C3=C(C#N)C(=C(C#N)C#N)OC3(C)CCCN3C(=O)C=CC3=O)=C2Cl)C(C)(C)c2ccccc21. The molecule has 1 aromatic rings. The van der Waals surface area contributed by atoms with Crippen molar-refractivity contribution >= 4 is 29.1 Å². The van der Waals surface area contributed by atoms with Gasteiger partial charge in [-0.25, -0.2) is 0 Å². The Balaban J connectivity index is 1.47. The molecular weight excluding hydrogens is 610 g/mol. The Morgan fingerprint density at radius 3 is 2.36 bits per heavy atom. The Bertz CT molecular complexity index is 1850. The first-order valence-electron chi connectivity index (χ1n) is 15.8. The van der Waals surface area contributed by atoms with Crippen LogP contribution in [0, 0.1) is 34.0 Å². The predicted molar refractivity (Wildman–Crippen MR) is 180 cm³/mol. The van der Waals surface area contributed by atoms with Crippen molar-refractivity contribution in [1.82, 2.24) is 4.90 Å². The highest BCUT2D eigenvalue weighted by Crippen LogP contribution is 2.48. The molecule has 4 aliphatic rings. The molecule has 0 N–H and O–H groups in total. The van der Waals surface area contributed by atoms with Gasteiger partial charge in [0, 0.05) is 52.6 Å². The normalized spacial score (nSPS) is 23.6. The van der Waals surface area contributed by atoms with Crippen LogP contribution < -0.4 is 4.90 Å². The highest BCUT2D eigenvalue weighted by Gasteiger charge is 2.43. The van der Waals surface area contributed by atoms with Gasteiger partial charge in [0.15, 0.2) is 11.3 Å². The lowest BCUT2D eigenvalue weighted by atomic mass is 9.83. The van der Waals surface area contributed by atoms with E-state index in [0.717, 1.165) is 41.9 Å². The number of imide groups is 1. The summed E-state index contributed by atoms with van der Waals surface area (Å²) in [4.78, 5) is 27.6. The fourth-order valence-electron chi connectivity index (χ4n) is 6.86. The van der Waals surface area contributed by atoms with Crippen LogP contribution in [0.3, 0.4) is 0 Å². The molecule has 0 saturated carbocycles. The van der Waals surface area contributed by atoms with Crippen molar-refractivity contribution in [3.63, 3.8) is 0 Å². The number of anilines is 1. The minimum Gasteiger partial charge on any atom is -0.479 e. The summed E-state index contributed by atoms with van der Waals surface area (Å²) in [5.74, 6) is -0.815. The number of allylic oxidation sites excluding steroid dienone is 9. The summed E-state index contributed by atoms with van der Waals surface area (Å²) in [6, 6.07) is 14.3. The largest absolute Gasteiger partial charge is 0.479 e. The molecule has 1 atom stereocenters. The molecule has 0 bridgehead atoms. The van der Waals surface area contributed by atoms with Crippen LogP contribution in [0.1, 0.15) is 65.4 Å². The van der Waals surface area contributed by atoms with Crippen LogP contribution in [0.25, 0.3) is 0 Å². The number of benzene rings is 1. The number of fused-ring (bicyclic) bond motifs is 1. The lowest BCUT2D eigenvalue weighted by molar-refractivity contribution is -0.137. The first kappa shape index (κ1) is 33.3. The number of halogens is 1. The van der Waals surface area contributed by atoms with Crippen molar-refractivity contribution in [1.29, 1.82) is 15.8 Å². The van der Waals surface area contributed by atoms with Crippen molar-refractivity contribution in [2.24, 2.45) is 0 Å². The zero-order valence-electron chi connectivity index (χ0n) is 27.1. The van der Waals surface area contributed by atoms with Gasteiger partial charge < -0.3 is 9.64 Å². The summed E-state index contributed by atoms with van der Waals surface area (Å²) in [5, 5.41) is 30.0. The van der Waals surface area contributed by atoms with E-state index in [2.05, 4.69) is 68.2 Å². The first-order valence-corrected chi connectivity index (χ1v) is 16.2. The maximum atomic E-state index is 12.1. The minimum absolute atomic E-state index is 0.0637. The van der Waals surface area contributed by atoms with Gasteiger partial charge in [0.2, 0.25) is 0 Å². The number of rotatable bonds is 8. The van der Waals surface area contributed by atoms with Gasteiger partial charge in [0.05, 0.1) is 0 Å². The van der Waals surface area contributed by atoms with Gasteiger partial charge in [-0.3, -0.25) is 14.5 Å². The van der Waals surface area contributed by atoms with Crippen LogP contribution in [-0.2, 0) is 19.7 Å². The molecule has 1 aromatic carbocycles. The third kappa shape index (κ3) is 6.08. The van der Waals surface area contributed by atoms with E-state index in [0.29, 0.717) is 23.4 Å². The lowest BCUT2D eigenvalue weighted by Crippen LogP contribution is -2.33. The highest BCUT2D eigenvalue weighted by molar-refractivity contribution is 6.32. The molecule has 1 unspecified atom stereocenters. The summed E-state index contributed by atoms with van der Waals surface area (Å²) in [6.45, 7) is 9.43. The van der Waals surface area contributed by atoms with E-state index in [4.69, 9.17) is 16.3 Å². The fourth-order valence-corrected chi connectivity index (χ4v) is 7.17. The number of hydrogen-bond donors (Lipinski definition) is 0. The highest BCUT2D eigenvalue weighted by atomic mass is 35.5. The Labute approximate surface area is 281 Å². The second-order valence-electron chi connectivity index (χ2n) is 12.6. The number of carbonyl (C=O) groups is 2. The van der Waals surface area contributed by atoms with Crippen LogP contribution in [0.15, 0.2) is 105 Å². The van der Waals surface area contributed by atoms with E-state index in [9.17, 15) is 25.4 Å². The Hall–Kier alpha value is -5.10. The van der Waals surface area contributed by atoms with E-state index >= 15 is 0 Å². The van der Waals surface area contributed by atoms with Crippen molar-refractivity contribution in [3.05, 3.63) is 111 Å². The number of carbonyl (C=O) groups excluding carboxylic acids is 2. The maximum Gasteiger partial charge on any atom is 0.253 e. The monoisotopic (exact) mass is 645 g/mol. The molecule has 0 spiro atoms. The molecule has 238 valence electrons. The van der Waals surface area contributed by atoms with Crippen LogP contribution in [0.4, 0.5) is 5.69 Å². The predicted octanol–water partition coefficient (Wildman–Crippen LogP) is 7.46. The molecule has 3 aliphatic heterocycles. The van der Waals surface area contributed by atoms with Crippen molar-refractivity contribution in [3.8, 4) is 18.2 Å². The van der Waals surface area contributed by atoms with Crippen molar-refractivity contribution in [2.45, 2.75) is 70.8 Å². The Morgan fingerprint density at radius 1 is 1.00 bits per heavy atom. The van der Waals surface area contributed by atoms with Crippen LogP contribution in [0.2, 0.25) is 0 Å². The number of nitrogens with zero attached hydrogens (tertiary/aromatic N) is 5. The number of hydrogen-bond acceptors (Lipinski definition) is 7. The standard InChI is InChI=1S/C38H36ClN5O3/c1-5-43-31-13-7-6-12-30(31)37(2,3)32(43)17-15-26-11-8-10-25(35(26)39)14-16-29-28(24-42)36(27(22-40)23-41)47-38(29,4)20-9-21-44-33(45)18-19-34(44)46/h6-7,12-19H,5,8-11,20-21H2,1-4H3/b16-14+,26-15+,32-17-. The quantitative estimate of drug-likeness (QED) is 0.212. The topological polar surface area (TPSA) is 121 Å². The second kappa shape index (κ2) is 13.3. The molecule has 0 fully saturated rings. The summed E-state index contributed by atoms with van der Waals surface area (Å²) < 4.78 is 6.19. The van der Waals surface area contributed by atoms with Crippen molar-refractivity contribution < 1.29 is 14.3 Å². The average molecular weight is 646 g/mol. The molecular formula is C38H36ClN5O3. The molecule has 5 rings (SSSR count). The zero-order valence-corrected chi connectivity index (χ0v) is 27.8. The molecule has 8 nitrogen and oxygen atoms in total. The molecule has 3 heterocycles. The molecule has 47 heavy (non-hydrogen) atoms. The summed E-state index contributed by atoms with van der Waals surface area (Å²) in [6.07, 6.45) is 13.6. The number of likely N-dealkylation sites (N-methyl/N-ethyl adjacent to an activating group) is 1. The molecule has 2 amide bonds. The van der Waals surface area contributed by atoms with E-state index in [-0.39, 0.29) is 40.7 Å². The summed E-state index contributed by atoms with van der Waals surface area (Å²) >= 11 is 7.03. The third-order valence-corrected chi connectivity index (χ3v) is 9.84. The van der Waals surface area contributed by atoms with E-state index in [1.54, 1.807) is 13.0 Å². The van der Waals surface area contributed by atoms with Gasteiger partial charge in [-0.05, 0) is 74.8 Å². The summed E-state index contributed by atoms with van der Waals surface area (Å²) in [7, 11) is 0. The number of nitriles is 3.